The van der Waals surface area contributed by atoms with Crippen LogP contribution in [0.2, 0.25) is 5.02 Å². The van der Waals surface area contributed by atoms with E-state index in [1.807, 2.05) is 17.4 Å². The molecule has 0 N–H and O–H groups in total. The average molecular weight is 328 g/mol. The first kappa shape index (κ1) is 16.7. The van der Waals surface area contributed by atoms with E-state index >= 15 is 0 Å². The monoisotopic (exact) mass is 327 g/mol. The Bertz CT molecular complexity index is 595. The molecule has 0 fully saturated rings. The maximum Gasteiger partial charge on any atom is 0.169 e. The van der Waals surface area contributed by atoms with Gasteiger partial charge in [-0.1, -0.05) is 18.5 Å². The summed E-state index contributed by atoms with van der Waals surface area (Å²) >= 11 is 8.02. The van der Waals surface area contributed by atoms with Crippen LogP contribution in [0.1, 0.15) is 17.4 Å². The first-order chi connectivity index (χ1) is 10.1. The number of aryl methyl sites for hydroxylation is 1. The molecule has 0 saturated carbocycles. The third kappa shape index (κ3) is 3.96. The molecular formula is C16H22ClNO2S. The molecule has 2 rings (SSSR count). The van der Waals surface area contributed by atoms with Crippen molar-refractivity contribution in [2.75, 3.05) is 27.8 Å². The van der Waals surface area contributed by atoms with E-state index in [0.717, 1.165) is 24.5 Å². The molecule has 0 bridgehead atoms. The SMILES string of the molecule is CCc1sc2ccc(Cl)cc2c1CN(C)CC(OC)OC. The lowest BCUT2D eigenvalue weighted by Crippen LogP contribution is -2.31. The van der Waals surface area contributed by atoms with Gasteiger partial charge in [0.1, 0.15) is 0 Å². The van der Waals surface area contributed by atoms with Gasteiger partial charge >= 0.3 is 0 Å². The van der Waals surface area contributed by atoms with Crippen molar-refractivity contribution in [1.82, 2.24) is 4.90 Å². The fourth-order valence-electron chi connectivity index (χ4n) is 2.46. The van der Waals surface area contributed by atoms with Crippen LogP contribution < -0.4 is 0 Å². The summed E-state index contributed by atoms with van der Waals surface area (Å²) in [6.45, 7) is 3.80. The predicted molar refractivity (Wildman–Crippen MR) is 90.4 cm³/mol. The van der Waals surface area contributed by atoms with Crippen LogP contribution in [-0.4, -0.2) is 39.0 Å². The third-order valence-corrected chi connectivity index (χ3v) is 5.16. The summed E-state index contributed by atoms with van der Waals surface area (Å²) in [5.74, 6) is 0. The zero-order valence-corrected chi connectivity index (χ0v) is 14.6. The van der Waals surface area contributed by atoms with Crippen molar-refractivity contribution in [2.45, 2.75) is 26.2 Å². The van der Waals surface area contributed by atoms with E-state index in [1.54, 1.807) is 14.2 Å². The van der Waals surface area contributed by atoms with Gasteiger partial charge in [0.2, 0.25) is 0 Å². The van der Waals surface area contributed by atoms with Crippen molar-refractivity contribution in [3.05, 3.63) is 33.7 Å². The Morgan fingerprint density at radius 2 is 2.00 bits per heavy atom. The van der Waals surface area contributed by atoms with E-state index in [1.165, 1.54) is 20.5 Å². The standard InChI is InChI=1S/C16H22ClNO2S/c1-5-14-13(9-18(2)10-16(19-3)20-4)12-8-11(17)6-7-15(12)21-14/h6-8,16H,5,9-10H2,1-4H3. The minimum atomic E-state index is -0.200. The van der Waals surface area contributed by atoms with Gasteiger partial charge in [-0.25, -0.2) is 0 Å². The molecule has 0 amide bonds. The fraction of sp³-hybridized carbons (Fsp3) is 0.500. The Hall–Kier alpha value is -0.650. The summed E-state index contributed by atoms with van der Waals surface area (Å²) in [5, 5.41) is 2.06. The van der Waals surface area contributed by atoms with Gasteiger partial charge in [0, 0.05) is 41.9 Å². The molecule has 0 spiro atoms. The first-order valence-electron chi connectivity index (χ1n) is 7.03. The molecule has 0 radical (unpaired) electrons. The molecule has 0 atom stereocenters. The number of benzene rings is 1. The number of ether oxygens (including phenoxy) is 2. The lowest BCUT2D eigenvalue weighted by atomic mass is 10.1. The largest absolute Gasteiger partial charge is 0.355 e. The summed E-state index contributed by atoms with van der Waals surface area (Å²) in [6.07, 6.45) is 0.839. The Balaban J connectivity index is 2.25. The quantitative estimate of drug-likeness (QED) is 0.712. The van der Waals surface area contributed by atoms with Crippen LogP contribution in [0.15, 0.2) is 18.2 Å². The lowest BCUT2D eigenvalue weighted by Gasteiger charge is -2.22. The summed E-state index contributed by atoms with van der Waals surface area (Å²) in [4.78, 5) is 3.64. The summed E-state index contributed by atoms with van der Waals surface area (Å²) < 4.78 is 11.8. The topological polar surface area (TPSA) is 21.7 Å². The van der Waals surface area contributed by atoms with Crippen LogP contribution in [0.4, 0.5) is 0 Å². The summed E-state index contributed by atoms with van der Waals surface area (Å²) in [7, 11) is 5.41. The highest BCUT2D eigenvalue weighted by atomic mass is 35.5. The number of hydrogen-bond donors (Lipinski definition) is 0. The molecule has 0 aliphatic carbocycles. The molecule has 1 aromatic heterocycles. The van der Waals surface area contributed by atoms with Crippen LogP contribution in [0, 0.1) is 0 Å². The number of nitrogens with zero attached hydrogens (tertiary/aromatic N) is 1. The van der Waals surface area contributed by atoms with Crippen LogP contribution in [0.3, 0.4) is 0 Å². The van der Waals surface area contributed by atoms with E-state index < -0.39 is 0 Å². The van der Waals surface area contributed by atoms with Crippen molar-refractivity contribution in [1.29, 1.82) is 0 Å². The van der Waals surface area contributed by atoms with Crippen molar-refractivity contribution in [2.24, 2.45) is 0 Å². The Morgan fingerprint density at radius 3 is 2.62 bits per heavy atom. The zero-order valence-electron chi connectivity index (χ0n) is 13.0. The van der Waals surface area contributed by atoms with Crippen LogP contribution in [0.5, 0.6) is 0 Å². The lowest BCUT2D eigenvalue weighted by molar-refractivity contribution is -0.114. The highest BCUT2D eigenvalue weighted by Gasteiger charge is 2.15. The maximum atomic E-state index is 6.16. The van der Waals surface area contributed by atoms with Gasteiger partial charge in [-0.15, -0.1) is 11.3 Å². The number of rotatable bonds is 7. The van der Waals surface area contributed by atoms with E-state index in [4.69, 9.17) is 21.1 Å². The molecule has 0 unspecified atom stereocenters. The minimum Gasteiger partial charge on any atom is -0.355 e. The van der Waals surface area contributed by atoms with Gasteiger partial charge < -0.3 is 9.47 Å². The molecule has 5 heteroatoms. The molecule has 116 valence electrons. The molecule has 3 nitrogen and oxygen atoms in total. The van der Waals surface area contributed by atoms with E-state index in [9.17, 15) is 0 Å². The average Bonchev–Trinajstić information content (AvgIpc) is 2.82. The van der Waals surface area contributed by atoms with Crippen LogP contribution >= 0.6 is 22.9 Å². The van der Waals surface area contributed by atoms with Gasteiger partial charge in [0.05, 0.1) is 0 Å². The fourth-order valence-corrected chi connectivity index (χ4v) is 3.77. The minimum absolute atomic E-state index is 0.200. The number of fused-ring (bicyclic) bond motifs is 1. The van der Waals surface area contributed by atoms with Gasteiger partial charge in [-0.2, -0.15) is 0 Å². The number of likely N-dealkylation sites (N-methyl/N-ethyl adjacent to an activating group) is 1. The van der Waals surface area contributed by atoms with E-state index in [-0.39, 0.29) is 6.29 Å². The Labute approximate surface area is 135 Å². The van der Waals surface area contributed by atoms with Gasteiger partial charge in [0.15, 0.2) is 6.29 Å². The smallest absolute Gasteiger partial charge is 0.169 e. The summed E-state index contributed by atoms with van der Waals surface area (Å²) in [5.41, 5.74) is 1.37. The molecule has 0 aliphatic rings. The second kappa shape index (κ2) is 7.56. The first-order valence-corrected chi connectivity index (χ1v) is 8.22. The molecule has 2 aromatic rings. The molecule has 1 heterocycles. The van der Waals surface area contributed by atoms with Gasteiger partial charge in [-0.3, -0.25) is 4.90 Å². The second-order valence-corrected chi connectivity index (χ2v) is 6.67. The van der Waals surface area contributed by atoms with Crippen molar-refractivity contribution >= 4 is 33.0 Å². The Morgan fingerprint density at radius 1 is 1.29 bits per heavy atom. The number of methoxy groups -OCH3 is 2. The third-order valence-electron chi connectivity index (χ3n) is 3.57. The molecule has 0 aliphatic heterocycles. The maximum absolute atomic E-state index is 6.16. The normalized spacial score (nSPS) is 12.0. The highest BCUT2D eigenvalue weighted by molar-refractivity contribution is 7.19. The molecular weight excluding hydrogens is 306 g/mol. The highest BCUT2D eigenvalue weighted by Crippen LogP contribution is 2.34. The van der Waals surface area contributed by atoms with Crippen molar-refractivity contribution in [3.63, 3.8) is 0 Å². The zero-order chi connectivity index (χ0) is 15.4. The van der Waals surface area contributed by atoms with Crippen molar-refractivity contribution in [3.8, 4) is 0 Å². The molecule has 21 heavy (non-hydrogen) atoms. The van der Waals surface area contributed by atoms with Gasteiger partial charge in [0.25, 0.3) is 0 Å². The second-order valence-electron chi connectivity index (χ2n) is 5.10. The Kier molecular flexibility index (Phi) is 6.02. The van der Waals surface area contributed by atoms with E-state index in [2.05, 4.69) is 31.0 Å². The van der Waals surface area contributed by atoms with E-state index in [0.29, 0.717) is 0 Å². The summed E-state index contributed by atoms with van der Waals surface area (Å²) in [6, 6.07) is 6.14. The van der Waals surface area contributed by atoms with Crippen LogP contribution in [0.25, 0.3) is 10.1 Å². The van der Waals surface area contributed by atoms with Gasteiger partial charge in [-0.05, 0) is 42.6 Å². The number of halogens is 1. The predicted octanol–water partition coefficient (Wildman–Crippen LogP) is 4.17. The molecule has 1 aromatic carbocycles. The number of hydrogen-bond acceptors (Lipinski definition) is 4. The molecule has 0 saturated heterocycles. The van der Waals surface area contributed by atoms with Crippen LogP contribution in [-0.2, 0) is 22.4 Å². The van der Waals surface area contributed by atoms with Crippen molar-refractivity contribution < 1.29 is 9.47 Å². The number of thiophene rings is 1.